The average molecular weight is 294 g/mol. The molecule has 0 rings (SSSR count). The first kappa shape index (κ1) is 18.3. The minimum absolute atomic E-state index is 0.0314. The molecule has 0 aromatic rings. The van der Waals surface area contributed by atoms with Gasteiger partial charge in [0, 0.05) is 18.8 Å². The summed E-state index contributed by atoms with van der Waals surface area (Å²) in [5.41, 5.74) is 5.77. The summed E-state index contributed by atoms with van der Waals surface area (Å²) >= 11 is 0. The van der Waals surface area contributed by atoms with Gasteiger partial charge in [-0.05, 0) is 19.3 Å². The maximum absolute atomic E-state index is 12.2. The van der Waals surface area contributed by atoms with Crippen LogP contribution in [0.2, 0.25) is 0 Å². The normalized spacial score (nSPS) is 13.6. The summed E-state index contributed by atoms with van der Waals surface area (Å²) in [6, 6.07) is -0.800. The number of sulfone groups is 1. The molecule has 6 nitrogen and oxygen atoms in total. The number of hydrogen-bond donors (Lipinski definition) is 2. The summed E-state index contributed by atoms with van der Waals surface area (Å²) in [4.78, 5) is 13.8. The number of carbonyl (C=O) groups excluding carboxylic acids is 1. The van der Waals surface area contributed by atoms with E-state index in [1.807, 2.05) is 13.8 Å². The Morgan fingerprint density at radius 1 is 1.32 bits per heavy atom. The quantitative estimate of drug-likeness (QED) is 0.611. The van der Waals surface area contributed by atoms with E-state index in [0.29, 0.717) is 0 Å². The van der Waals surface area contributed by atoms with Gasteiger partial charge >= 0.3 is 0 Å². The smallest absolute Gasteiger partial charge is 0.239 e. The second-order valence-corrected chi connectivity index (χ2v) is 7.01. The Morgan fingerprint density at radius 2 is 1.84 bits per heavy atom. The lowest BCUT2D eigenvalue weighted by atomic mass is 10.1. The molecular weight excluding hydrogens is 268 g/mol. The standard InChI is InChI=1S/C12H26N2O4S/c1-4-10(5-2)14(7-8-15)12(16)11(13)6-9-19(3,17)18/h10-11,15H,4-9,13H2,1-3H3. The molecule has 1 unspecified atom stereocenters. The van der Waals surface area contributed by atoms with Gasteiger partial charge in [-0.3, -0.25) is 4.79 Å². The van der Waals surface area contributed by atoms with Gasteiger partial charge in [-0.25, -0.2) is 8.42 Å². The van der Waals surface area contributed by atoms with Crippen LogP contribution < -0.4 is 5.73 Å². The summed E-state index contributed by atoms with van der Waals surface area (Å²) in [5, 5.41) is 9.04. The molecule has 7 heteroatoms. The highest BCUT2D eigenvalue weighted by atomic mass is 32.2. The molecule has 114 valence electrons. The third-order valence-corrected chi connectivity index (χ3v) is 4.10. The van der Waals surface area contributed by atoms with Gasteiger partial charge in [0.2, 0.25) is 5.91 Å². The van der Waals surface area contributed by atoms with E-state index in [9.17, 15) is 13.2 Å². The van der Waals surface area contributed by atoms with E-state index in [-0.39, 0.29) is 37.3 Å². The molecule has 0 saturated carbocycles. The van der Waals surface area contributed by atoms with E-state index in [1.54, 1.807) is 4.90 Å². The predicted octanol–water partition coefficient (Wildman–Crippen LogP) is -0.242. The third-order valence-electron chi connectivity index (χ3n) is 3.12. The van der Waals surface area contributed by atoms with Crippen molar-refractivity contribution in [2.45, 2.75) is 45.2 Å². The van der Waals surface area contributed by atoms with E-state index in [1.165, 1.54) is 0 Å². The third kappa shape index (κ3) is 6.89. The molecule has 0 aliphatic carbocycles. The number of nitrogens with two attached hydrogens (primary N) is 1. The van der Waals surface area contributed by atoms with Crippen LogP contribution in [0, 0.1) is 0 Å². The monoisotopic (exact) mass is 294 g/mol. The summed E-state index contributed by atoms with van der Waals surface area (Å²) < 4.78 is 22.2. The topological polar surface area (TPSA) is 101 Å². The second kappa shape index (κ2) is 8.50. The molecule has 1 amide bonds. The summed E-state index contributed by atoms with van der Waals surface area (Å²) in [6.45, 7) is 4.04. The molecule has 1 atom stereocenters. The van der Waals surface area contributed by atoms with Gasteiger partial charge < -0.3 is 15.7 Å². The number of hydrogen-bond acceptors (Lipinski definition) is 5. The van der Waals surface area contributed by atoms with Crippen LogP contribution >= 0.6 is 0 Å². The Morgan fingerprint density at radius 3 is 2.21 bits per heavy atom. The van der Waals surface area contributed by atoms with Crippen molar-refractivity contribution in [3.63, 3.8) is 0 Å². The van der Waals surface area contributed by atoms with Crippen molar-refractivity contribution in [1.82, 2.24) is 4.90 Å². The number of rotatable bonds is 9. The minimum atomic E-state index is -3.12. The van der Waals surface area contributed by atoms with Crippen LogP contribution in [-0.4, -0.2) is 61.6 Å². The van der Waals surface area contributed by atoms with Crippen molar-refractivity contribution in [2.75, 3.05) is 25.2 Å². The van der Waals surface area contributed by atoms with Crippen LogP contribution in [0.3, 0.4) is 0 Å². The Balaban J connectivity index is 4.69. The highest BCUT2D eigenvalue weighted by Gasteiger charge is 2.26. The number of aliphatic hydroxyl groups is 1. The molecule has 0 radical (unpaired) electrons. The molecule has 0 aliphatic heterocycles. The molecule has 3 N–H and O–H groups in total. The summed E-state index contributed by atoms with van der Waals surface area (Å²) in [5.74, 6) is -0.387. The molecule has 0 bridgehead atoms. The largest absolute Gasteiger partial charge is 0.395 e. The van der Waals surface area contributed by atoms with Crippen LogP contribution in [0.4, 0.5) is 0 Å². The van der Waals surface area contributed by atoms with Crippen molar-refractivity contribution in [3.05, 3.63) is 0 Å². The second-order valence-electron chi connectivity index (χ2n) is 4.75. The van der Waals surface area contributed by atoms with Gasteiger partial charge in [-0.2, -0.15) is 0 Å². The average Bonchev–Trinajstić information content (AvgIpc) is 2.34. The molecular formula is C12H26N2O4S. The van der Waals surface area contributed by atoms with Crippen molar-refractivity contribution in [2.24, 2.45) is 5.73 Å². The maximum atomic E-state index is 12.2. The van der Waals surface area contributed by atoms with Gasteiger partial charge in [0.05, 0.1) is 18.4 Å². The van der Waals surface area contributed by atoms with Gasteiger partial charge in [0.1, 0.15) is 9.84 Å². The zero-order chi connectivity index (χ0) is 15.1. The van der Waals surface area contributed by atoms with Crippen molar-refractivity contribution in [3.8, 4) is 0 Å². The van der Waals surface area contributed by atoms with Gasteiger partial charge in [-0.15, -0.1) is 0 Å². The lowest BCUT2D eigenvalue weighted by Gasteiger charge is -2.32. The first-order valence-electron chi connectivity index (χ1n) is 6.61. The zero-order valence-electron chi connectivity index (χ0n) is 12.0. The fourth-order valence-corrected chi connectivity index (χ4v) is 2.67. The number of nitrogens with zero attached hydrogens (tertiary/aromatic N) is 1. The zero-order valence-corrected chi connectivity index (χ0v) is 12.8. The molecule has 0 aliphatic rings. The molecule has 0 aromatic carbocycles. The highest BCUT2D eigenvalue weighted by Crippen LogP contribution is 2.11. The number of aliphatic hydroxyl groups excluding tert-OH is 1. The van der Waals surface area contributed by atoms with Crippen molar-refractivity contribution >= 4 is 15.7 Å². The predicted molar refractivity (Wildman–Crippen MR) is 75.5 cm³/mol. The van der Waals surface area contributed by atoms with E-state index in [4.69, 9.17) is 10.8 Å². The van der Waals surface area contributed by atoms with Crippen molar-refractivity contribution in [1.29, 1.82) is 0 Å². The first-order chi connectivity index (χ1) is 8.76. The fourth-order valence-electron chi connectivity index (χ4n) is 1.99. The van der Waals surface area contributed by atoms with E-state index in [0.717, 1.165) is 19.1 Å². The summed E-state index contributed by atoms with van der Waals surface area (Å²) in [6.07, 6.45) is 2.79. The SMILES string of the molecule is CCC(CC)N(CCO)C(=O)C(N)CCS(C)(=O)=O. The fraction of sp³-hybridized carbons (Fsp3) is 0.917. The Labute approximate surface area is 115 Å². The minimum Gasteiger partial charge on any atom is -0.395 e. The van der Waals surface area contributed by atoms with E-state index in [2.05, 4.69) is 0 Å². The molecule has 0 spiro atoms. The summed E-state index contributed by atoms with van der Waals surface area (Å²) in [7, 11) is -3.12. The van der Waals surface area contributed by atoms with Crippen LogP contribution in [0.15, 0.2) is 0 Å². The molecule has 0 saturated heterocycles. The lowest BCUT2D eigenvalue weighted by molar-refractivity contribution is -0.135. The van der Waals surface area contributed by atoms with Gasteiger partial charge in [-0.1, -0.05) is 13.8 Å². The van der Waals surface area contributed by atoms with E-state index < -0.39 is 15.9 Å². The molecule has 0 fully saturated rings. The molecule has 0 aromatic heterocycles. The van der Waals surface area contributed by atoms with Crippen LogP contribution in [0.25, 0.3) is 0 Å². The van der Waals surface area contributed by atoms with Crippen LogP contribution in [0.5, 0.6) is 0 Å². The van der Waals surface area contributed by atoms with Gasteiger partial charge in [0.15, 0.2) is 0 Å². The number of carbonyl (C=O) groups is 1. The van der Waals surface area contributed by atoms with Crippen molar-refractivity contribution < 1.29 is 18.3 Å². The maximum Gasteiger partial charge on any atom is 0.239 e. The van der Waals surface area contributed by atoms with Gasteiger partial charge in [0.25, 0.3) is 0 Å². The Bertz CT molecular complexity index is 366. The highest BCUT2D eigenvalue weighted by molar-refractivity contribution is 7.90. The Hall–Kier alpha value is -0.660. The molecule has 0 heterocycles. The van der Waals surface area contributed by atoms with Crippen LogP contribution in [0.1, 0.15) is 33.1 Å². The van der Waals surface area contributed by atoms with E-state index >= 15 is 0 Å². The Kier molecular flexibility index (Phi) is 8.20. The molecule has 19 heavy (non-hydrogen) atoms. The lowest BCUT2D eigenvalue weighted by Crippen LogP contribution is -2.50. The number of amides is 1. The van der Waals surface area contributed by atoms with Crippen LogP contribution in [-0.2, 0) is 14.6 Å². The first-order valence-corrected chi connectivity index (χ1v) is 8.67.